The molecule has 0 spiro atoms. The van der Waals surface area contributed by atoms with Crippen molar-refractivity contribution in [2.75, 3.05) is 32.8 Å². The Balaban J connectivity index is 1.76. The third-order valence-corrected chi connectivity index (χ3v) is 5.01. The van der Waals surface area contributed by atoms with Crippen LogP contribution in [0.3, 0.4) is 0 Å². The first-order valence-corrected chi connectivity index (χ1v) is 7.77. The lowest BCUT2D eigenvalue weighted by Crippen LogP contribution is -2.53. The molecule has 2 heterocycles. The summed E-state index contributed by atoms with van der Waals surface area (Å²) in [5, 5.41) is 3.64. The normalized spacial score (nSPS) is 38.2. The summed E-state index contributed by atoms with van der Waals surface area (Å²) in [7, 11) is 0. The maximum atomic E-state index is 5.47. The van der Waals surface area contributed by atoms with Crippen molar-refractivity contribution in [3.63, 3.8) is 0 Å². The van der Waals surface area contributed by atoms with Crippen molar-refractivity contribution in [3.8, 4) is 0 Å². The molecule has 4 unspecified atom stereocenters. The van der Waals surface area contributed by atoms with Gasteiger partial charge in [0.1, 0.15) is 0 Å². The number of likely N-dealkylation sites (tertiary alicyclic amines) is 1. The molecule has 0 radical (unpaired) electrons. The molecule has 18 heavy (non-hydrogen) atoms. The van der Waals surface area contributed by atoms with Crippen LogP contribution < -0.4 is 5.32 Å². The second-order valence-corrected chi connectivity index (χ2v) is 6.11. The van der Waals surface area contributed by atoms with E-state index >= 15 is 0 Å². The lowest BCUT2D eigenvalue weighted by atomic mass is 9.86. The topological polar surface area (TPSA) is 24.5 Å². The molecular formula is C15H30N2O. The van der Waals surface area contributed by atoms with Gasteiger partial charge < -0.3 is 15.0 Å². The molecule has 0 aliphatic carbocycles. The van der Waals surface area contributed by atoms with E-state index in [9.17, 15) is 0 Å². The van der Waals surface area contributed by atoms with Gasteiger partial charge in [-0.15, -0.1) is 0 Å². The van der Waals surface area contributed by atoms with Gasteiger partial charge in [0.15, 0.2) is 0 Å². The van der Waals surface area contributed by atoms with E-state index in [0.717, 1.165) is 37.6 Å². The van der Waals surface area contributed by atoms with Crippen LogP contribution in [-0.4, -0.2) is 49.8 Å². The lowest BCUT2D eigenvalue weighted by Gasteiger charge is -2.43. The van der Waals surface area contributed by atoms with Crippen LogP contribution in [0.5, 0.6) is 0 Å². The molecule has 2 aliphatic heterocycles. The van der Waals surface area contributed by atoms with Crippen molar-refractivity contribution in [2.24, 2.45) is 11.8 Å². The summed E-state index contributed by atoms with van der Waals surface area (Å²) in [5.41, 5.74) is 0. The minimum atomic E-state index is 0.713. The molecule has 0 aromatic carbocycles. The Bertz CT molecular complexity index is 241. The summed E-state index contributed by atoms with van der Waals surface area (Å²) < 4.78 is 5.47. The molecule has 3 nitrogen and oxygen atoms in total. The predicted molar refractivity (Wildman–Crippen MR) is 75.8 cm³/mol. The molecule has 0 amide bonds. The van der Waals surface area contributed by atoms with Crippen molar-refractivity contribution >= 4 is 0 Å². The second kappa shape index (κ2) is 6.88. The van der Waals surface area contributed by atoms with E-state index in [1.54, 1.807) is 0 Å². The van der Waals surface area contributed by atoms with Crippen molar-refractivity contribution in [3.05, 3.63) is 0 Å². The van der Waals surface area contributed by atoms with Crippen LogP contribution in [-0.2, 0) is 4.74 Å². The minimum absolute atomic E-state index is 0.713. The number of nitrogens with one attached hydrogen (secondary N) is 1. The maximum Gasteiger partial charge on any atom is 0.0495 e. The molecular weight excluding hydrogens is 224 g/mol. The number of nitrogens with zero attached hydrogens (tertiary/aromatic N) is 1. The molecule has 2 rings (SSSR count). The molecule has 0 saturated carbocycles. The Morgan fingerprint density at radius 2 is 2.11 bits per heavy atom. The summed E-state index contributed by atoms with van der Waals surface area (Å²) in [5.74, 6) is 1.58. The van der Waals surface area contributed by atoms with Crippen LogP contribution >= 0.6 is 0 Å². The average molecular weight is 254 g/mol. The molecule has 0 aromatic rings. The molecule has 2 saturated heterocycles. The summed E-state index contributed by atoms with van der Waals surface area (Å²) in [6.45, 7) is 12.6. The Hall–Kier alpha value is -0.120. The predicted octanol–water partition coefficient (Wildman–Crippen LogP) is 2.12. The number of rotatable bonds is 5. The first kappa shape index (κ1) is 14.3. The SMILES string of the molecule is CCNC1CCN(CCC2CCOC2)C(C)C1C. The third-order valence-electron chi connectivity index (χ3n) is 5.01. The van der Waals surface area contributed by atoms with Crippen LogP contribution in [0.2, 0.25) is 0 Å². The van der Waals surface area contributed by atoms with Crippen LogP contribution in [0.4, 0.5) is 0 Å². The number of hydrogen-bond donors (Lipinski definition) is 1. The Kier molecular flexibility index (Phi) is 5.46. The van der Waals surface area contributed by atoms with Crippen LogP contribution in [0, 0.1) is 11.8 Å². The van der Waals surface area contributed by atoms with Crippen LogP contribution in [0.25, 0.3) is 0 Å². The van der Waals surface area contributed by atoms with Gasteiger partial charge in [0.2, 0.25) is 0 Å². The van der Waals surface area contributed by atoms with Gasteiger partial charge in [-0.1, -0.05) is 13.8 Å². The van der Waals surface area contributed by atoms with Crippen molar-refractivity contribution in [2.45, 2.75) is 52.1 Å². The number of ether oxygens (including phenoxy) is 1. The zero-order valence-corrected chi connectivity index (χ0v) is 12.3. The van der Waals surface area contributed by atoms with E-state index < -0.39 is 0 Å². The zero-order chi connectivity index (χ0) is 13.0. The molecule has 0 bridgehead atoms. The smallest absolute Gasteiger partial charge is 0.0495 e. The first-order valence-electron chi connectivity index (χ1n) is 7.77. The second-order valence-electron chi connectivity index (χ2n) is 6.11. The van der Waals surface area contributed by atoms with Gasteiger partial charge in [-0.2, -0.15) is 0 Å². The highest BCUT2D eigenvalue weighted by Gasteiger charge is 2.31. The fraction of sp³-hybridized carbons (Fsp3) is 1.00. The summed E-state index contributed by atoms with van der Waals surface area (Å²) in [6.07, 6.45) is 3.90. The van der Waals surface area contributed by atoms with Crippen molar-refractivity contribution in [1.82, 2.24) is 10.2 Å². The highest BCUT2D eigenvalue weighted by atomic mass is 16.5. The highest BCUT2D eigenvalue weighted by molar-refractivity contribution is 4.88. The highest BCUT2D eigenvalue weighted by Crippen LogP contribution is 2.25. The van der Waals surface area contributed by atoms with E-state index in [2.05, 4.69) is 31.0 Å². The Morgan fingerprint density at radius 1 is 1.28 bits per heavy atom. The van der Waals surface area contributed by atoms with E-state index in [1.807, 2.05) is 0 Å². The van der Waals surface area contributed by atoms with Gasteiger partial charge in [0.05, 0.1) is 0 Å². The largest absolute Gasteiger partial charge is 0.381 e. The quantitative estimate of drug-likeness (QED) is 0.813. The molecule has 2 aliphatic rings. The van der Waals surface area contributed by atoms with E-state index in [1.165, 1.54) is 32.4 Å². The minimum Gasteiger partial charge on any atom is -0.381 e. The van der Waals surface area contributed by atoms with Crippen LogP contribution in [0.1, 0.15) is 40.0 Å². The number of piperidine rings is 1. The van der Waals surface area contributed by atoms with Gasteiger partial charge in [0.25, 0.3) is 0 Å². The van der Waals surface area contributed by atoms with Gasteiger partial charge in [0, 0.05) is 25.3 Å². The van der Waals surface area contributed by atoms with E-state index in [4.69, 9.17) is 4.74 Å². The zero-order valence-electron chi connectivity index (χ0n) is 12.3. The first-order chi connectivity index (χ1) is 8.72. The van der Waals surface area contributed by atoms with Crippen molar-refractivity contribution < 1.29 is 4.74 Å². The standard InChI is InChI=1S/C15H30N2O/c1-4-16-15-6-9-17(13(3)12(15)2)8-5-14-7-10-18-11-14/h12-16H,4-11H2,1-3H3. The van der Waals surface area contributed by atoms with E-state index in [-0.39, 0.29) is 0 Å². The maximum absolute atomic E-state index is 5.47. The average Bonchev–Trinajstić information content (AvgIpc) is 2.87. The van der Waals surface area contributed by atoms with Gasteiger partial charge in [-0.05, 0) is 57.7 Å². The molecule has 4 atom stereocenters. The molecule has 106 valence electrons. The number of hydrogen-bond acceptors (Lipinski definition) is 3. The van der Waals surface area contributed by atoms with Crippen molar-refractivity contribution in [1.29, 1.82) is 0 Å². The summed E-state index contributed by atoms with van der Waals surface area (Å²) in [6, 6.07) is 1.43. The monoisotopic (exact) mass is 254 g/mol. The molecule has 0 aromatic heterocycles. The van der Waals surface area contributed by atoms with Crippen LogP contribution in [0.15, 0.2) is 0 Å². The fourth-order valence-corrected chi connectivity index (χ4v) is 3.47. The van der Waals surface area contributed by atoms with Gasteiger partial charge >= 0.3 is 0 Å². The summed E-state index contributed by atoms with van der Waals surface area (Å²) in [4.78, 5) is 2.69. The molecule has 2 fully saturated rings. The summed E-state index contributed by atoms with van der Waals surface area (Å²) >= 11 is 0. The van der Waals surface area contributed by atoms with Gasteiger partial charge in [-0.3, -0.25) is 0 Å². The Labute approximate surface area is 112 Å². The lowest BCUT2D eigenvalue weighted by molar-refractivity contribution is 0.0788. The van der Waals surface area contributed by atoms with Gasteiger partial charge in [-0.25, -0.2) is 0 Å². The molecule has 1 N–H and O–H groups in total. The fourth-order valence-electron chi connectivity index (χ4n) is 3.47. The Morgan fingerprint density at radius 3 is 2.78 bits per heavy atom. The third kappa shape index (κ3) is 3.46. The van der Waals surface area contributed by atoms with E-state index in [0.29, 0.717) is 6.04 Å². The molecule has 3 heteroatoms.